The molecule has 1 aliphatic carbocycles. The molecule has 1 saturated carbocycles. The second-order valence-corrected chi connectivity index (χ2v) is 11.3. The first-order valence-electron chi connectivity index (χ1n) is 14.8. The fraction of sp³-hybridized carbons (Fsp3) is 0.667. The van der Waals surface area contributed by atoms with Crippen LogP contribution in [0.4, 0.5) is 4.79 Å². The first kappa shape index (κ1) is 37.1. The summed E-state index contributed by atoms with van der Waals surface area (Å²) in [7, 11) is 0. The van der Waals surface area contributed by atoms with Gasteiger partial charge < -0.3 is 36.8 Å². The molecule has 0 aromatic heterocycles. The van der Waals surface area contributed by atoms with E-state index in [0.717, 1.165) is 31.2 Å². The molecule has 1 aromatic carbocycles. The van der Waals surface area contributed by atoms with E-state index in [-0.39, 0.29) is 49.7 Å². The van der Waals surface area contributed by atoms with Crippen molar-refractivity contribution in [3.05, 3.63) is 35.9 Å². The van der Waals surface area contributed by atoms with E-state index in [2.05, 4.69) is 21.3 Å². The molecule has 4 amide bonds. The highest BCUT2D eigenvalue weighted by Gasteiger charge is 2.29. The number of hydrogen-bond donors (Lipinski definition) is 6. The molecule has 0 radical (unpaired) electrons. The van der Waals surface area contributed by atoms with Gasteiger partial charge in [-0.05, 0) is 57.1 Å². The van der Waals surface area contributed by atoms with Crippen molar-refractivity contribution >= 4 is 36.2 Å². The van der Waals surface area contributed by atoms with E-state index in [4.69, 9.17) is 10.5 Å². The van der Waals surface area contributed by atoms with Crippen LogP contribution in [0.5, 0.6) is 0 Å². The Morgan fingerprint density at radius 1 is 0.976 bits per heavy atom. The summed E-state index contributed by atoms with van der Waals surface area (Å²) in [5.74, 6) is -1.14. The minimum atomic E-state index is -1.08. The fourth-order valence-electron chi connectivity index (χ4n) is 4.87. The molecule has 2 rings (SSSR count). The summed E-state index contributed by atoms with van der Waals surface area (Å²) in [6.07, 6.45) is 4.47. The summed E-state index contributed by atoms with van der Waals surface area (Å²) in [6, 6.07) is 6.72. The summed E-state index contributed by atoms with van der Waals surface area (Å²) in [5.41, 5.74) is 6.42. The number of nitrogens with one attached hydrogen (secondary N) is 4. The number of carbonyl (C=O) groups excluding carboxylic acids is 4. The van der Waals surface area contributed by atoms with E-state index in [9.17, 15) is 24.3 Å². The van der Waals surface area contributed by atoms with Gasteiger partial charge in [0.25, 0.3) is 0 Å². The van der Waals surface area contributed by atoms with Gasteiger partial charge in [0, 0.05) is 6.04 Å². The van der Waals surface area contributed by atoms with Gasteiger partial charge in [0.1, 0.15) is 18.7 Å². The Labute approximate surface area is 255 Å². The van der Waals surface area contributed by atoms with Gasteiger partial charge in [0.05, 0.1) is 18.6 Å². The summed E-state index contributed by atoms with van der Waals surface area (Å²) >= 11 is 0. The normalized spacial score (nSPS) is 16.2. The lowest BCUT2D eigenvalue weighted by Gasteiger charge is -2.28. The second kappa shape index (κ2) is 20.1. The fourth-order valence-corrected chi connectivity index (χ4v) is 4.87. The maximum Gasteiger partial charge on any atom is 0.408 e. The van der Waals surface area contributed by atoms with Gasteiger partial charge in [-0.1, -0.05) is 63.4 Å². The molecule has 1 fully saturated rings. The molecular formula is C30H50ClN5O6. The van der Waals surface area contributed by atoms with Crippen molar-refractivity contribution in [2.24, 2.45) is 11.7 Å². The molecule has 7 N–H and O–H groups in total. The van der Waals surface area contributed by atoms with E-state index >= 15 is 0 Å². The van der Waals surface area contributed by atoms with Crippen LogP contribution in [0.1, 0.15) is 84.1 Å². The van der Waals surface area contributed by atoms with Crippen LogP contribution in [-0.2, 0) is 25.7 Å². The Morgan fingerprint density at radius 2 is 1.64 bits per heavy atom. The third-order valence-electron chi connectivity index (χ3n) is 7.15. The average molecular weight is 612 g/mol. The summed E-state index contributed by atoms with van der Waals surface area (Å²) in [4.78, 5) is 51.0. The van der Waals surface area contributed by atoms with E-state index in [1.54, 1.807) is 0 Å². The highest BCUT2D eigenvalue weighted by atomic mass is 35.5. The van der Waals surface area contributed by atoms with Crippen LogP contribution >= 0.6 is 12.4 Å². The smallest absolute Gasteiger partial charge is 0.408 e. The van der Waals surface area contributed by atoms with Crippen LogP contribution in [0.2, 0.25) is 0 Å². The van der Waals surface area contributed by atoms with Crippen LogP contribution in [0, 0.1) is 5.92 Å². The maximum atomic E-state index is 13.0. The van der Waals surface area contributed by atoms with E-state index in [0.29, 0.717) is 19.4 Å². The molecule has 1 aromatic rings. The number of halogens is 1. The van der Waals surface area contributed by atoms with Crippen LogP contribution in [0.15, 0.2) is 30.3 Å². The molecule has 0 bridgehead atoms. The number of hydrogen-bond acceptors (Lipinski definition) is 7. The molecule has 1 aliphatic rings. The van der Waals surface area contributed by atoms with E-state index in [1.807, 2.05) is 44.2 Å². The predicted molar refractivity (Wildman–Crippen MR) is 164 cm³/mol. The third kappa shape index (κ3) is 14.3. The molecule has 11 nitrogen and oxygen atoms in total. The van der Waals surface area contributed by atoms with Gasteiger partial charge in [0.2, 0.25) is 17.7 Å². The van der Waals surface area contributed by atoms with Gasteiger partial charge in [-0.2, -0.15) is 0 Å². The average Bonchev–Trinajstić information content (AvgIpc) is 2.94. The van der Waals surface area contributed by atoms with Crippen molar-refractivity contribution < 1.29 is 29.0 Å². The molecule has 0 saturated heterocycles. The summed E-state index contributed by atoms with van der Waals surface area (Å²) < 4.78 is 5.24. The van der Waals surface area contributed by atoms with E-state index in [1.165, 1.54) is 13.3 Å². The maximum absolute atomic E-state index is 13.0. The highest BCUT2D eigenvalue weighted by molar-refractivity contribution is 5.91. The molecule has 0 unspecified atom stereocenters. The molecule has 42 heavy (non-hydrogen) atoms. The Morgan fingerprint density at radius 3 is 2.26 bits per heavy atom. The Hall–Kier alpha value is -2.89. The van der Waals surface area contributed by atoms with Crippen molar-refractivity contribution in [1.82, 2.24) is 21.3 Å². The number of aliphatic hydroxyl groups excluding tert-OH is 1. The lowest BCUT2D eigenvalue weighted by Crippen LogP contribution is -2.55. The zero-order valence-corrected chi connectivity index (χ0v) is 25.9. The standard InChI is InChI=1S/C30H49N5O6.ClH/c1-20(2)17-25(26(36)18-27(37)33-23-13-8-5-9-14-23)34-28(38)21(3)32-29(39)24(15-10-16-31)35-30(40)41-19-22-11-6-4-7-12-22;/h4,6-7,11-12,20-21,23-26,36H,5,8-10,13-19,31H2,1-3H3,(H,32,39)(H,33,37)(H,34,38)(H,35,40);1H/t21-,24-,25-,26-;/m0./s1. The molecule has 0 heterocycles. The number of rotatable bonds is 16. The van der Waals surface area contributed by atoms with Gasteiger partial charge in [-0.3, -0.25) is 14.4 Å². The number of aliphatic hydroxyl groups is 1. The minimum Gasteiger partial charge on any atom is -0.445 e. The quantitative estimate of drug-likeness (QED) is 0.167. The van der Waals surface area contributed by atoms with Gasteiger partial charge in [0.15, 0.2) is 0 Å². The van der Waals surface area contributed by atoms with Crippen molar-refractivity contribution in [1.29, 1.82) is 0 Å². The van der Waals surface area contributed by atoms with Gasteiger partial charge in [-0.25, -0.2) is 4.79 Å². The zero-order valence-electron chi connectivity index (χ0n) is 25.1. The Kier molecular flexibility index (Phi) is 17.8. The van der Waals surface area contributed by atoms with Crippen LogP contribution in [0.25, 0.3) is 0 Å². The Balaban J connectivity index is 0.00000882. The number of alkyl carbamates (subject to hydrolysis) is 1. The van der Waals surface area contributed by atoms with Crippen LogP contribution < -0.4 is 27.0 Å². The van der Waals surface area contributed by atoms with Crippen LogP contribution in [-0.4, -0.2) is 65.7 Å². The summed E-state index contributed by atoms with van der Waals surface area (Å²) in [6.45, 7) is 5.82. The first-order valence-corrected chi connectivity index (χ1v) is 14.8. The van der Waals surface area contributed by atoms with Gasteiger partial charge >= 0.3 is 6.09 Å². The highest BCUT2D eigenvalue weighted by Crippen LogP contribution is 2.18. The second-order valence-electron chi connectivity index (χ2n) is 11.3. The number of benzene rings is 1. The molecule has 0 aliphatic heterocycles. The van der Waals surface area contributed by atoms with E-state index < -0.39 is 42.1 Å². The molecule has 0 spiro atoms. The molecule has 4 atom stereocenters. The Bertz CT molecular complexity index is 961. The third-order valence-corrected chi connectivity index (χ3v) is 7.15. The molecule has 238 valence electrons. The van der Waals surface area contributed by atoms with Crippen molar-refractivity contribution in [3.63, 3.8) is 0 Å². The first-order chi connectivity index (χ1) is 19.6. The topological polar surface area (TPSA) is 172 Å². The van der Waals surface area contributed by atoms with Gasteiger partial charge in [-0.15, -0.1) is 12.4 Å². The van der Waals surface area contributed by atoms with Crippen molar-refractivity contribution in [3.8, 4) is 0 Å². The number of amides is 4. The van der Waals surface area contributed by atoms with Crippen LogP contribution in [0.3, 0.4) is 0 Å². The lowest BCUT2D eigenvalue weighted by molar-refractivity contribution is -0.131. The lowest BCUT2D eigenvalue weighted by atomic mass is 9.94. The van der Waals surface area contributed by atoms with Crippen molar-refractivity contribution in [2.75, 3.05) is 6.54 Å². The van der Waals surface area contributed by atoms with Crippen molar-refractivity contribution in [2.45, 2.75) is 115 Å². The summed E-state index contributed by atoms with van der Waals surface area (Å²) in [5, 5.41) is 21.9. The zero-order chi connectivity index (χ0) is 30.2. The SMILES string of the molecule is CC(C)C[C@H](NC(=O)[C@H](C)NC(=O)[C@H](CCCN)NC(=O)OCc1ccccc1)[C@@H](O)CC(=O)NC1CCCCC1.Cl. The largest absolute Gasteiger partial charge is 0.445 e. The number of carbonyl (C=O) groups is 4. The molecular weight excluding hydrogens is 562 g/mol. The molecule has 12 heteroatoms. The number of ether oxygens (including phenoxy) is 1. The monoisotopic (exact) mass is 611 g/mol. The number of nitrogens with two attached hydrogens (primary N) is 1. The predicted octanol–water partition coefficient (Wildman–Crippen LogP) is 2.68. The minimum absolute atomic E-state index is 0.